The van der Waals surface area contributed by atoms with Gasteiger partial charge in [0.05, 0.1) is 22.3 Å². The van der Waals surface area contributed by atoms with Gasteiger partial charge in [0.2, 0.25) is 45.6 Å². The number of rotatable bonds is 12. The van der Waals surface area contributed by atoms with Gasteiger partial charge in [0.15, 0.2) is 47.1 Å². The van der Waals surface area contributed by atoms with Crippen molar-refractivity contribution in [1.29, 1.82) is 0 Å². The minimum absolute atomic E-state index is 0.0151. The minimum Gasteiger partial charge on any atom is -0.437 e. The van der Waals surface area contributed by atoms with E-state index < -0.39 is 37.3 Å². The van der Waals surface area contributed by atoms with Crippen LogP contribution < -0.4 is 18.3 Å². The molecule has 16 aromatic rings. The summed E-state index contributed by atoms with van der Waals surface area (Å²) in [6, 6.07) is 41.3. The van der Waals surface area contributed by atoms with Crippen molar-refractivity contribution in [3.8, 4) is 45.0 Å². The molecule has 0 unspecified atom stereocenters. The van der Waals surface area contributed by atoms with Gasteiger partial charge in [-0.1, -0.05) is 173 Å². The molecule has 0 spiro atoms. The van der Waals surface area contributed by atoms with Crippen LogP contribution in [0.25, 0.3) is 133 Å². The first kappa shape index (κ1) is 72.5. The molecule has 12 heterocycles. The summed E-state index contributed by atoms with van der Waals surface area (Å²) in [5, 5.41) is 8.10. The number of aryl methyl sites for hydroxylation is 14. The lowest BCUT2D eigenvalue weighted by molar-refractivity contribution is -0.661. The average Bonchev–Trinajstić information content (AvgIpc) is 1.44. The third kappa shape index (κ3) is 17.8. The summed E-state index contributed by atoms with van der Waals surface area (Å²) < 4.78 is 117. The first-order chi connectivity index (χ1) is 59.4. The van der Waals surface area contributed by atoms with E-state index in [0.29, 0.717) is 39.9 Å². The molecule has 118 heavy (non-hydrogen) atoms. The van der Waals surface area contributed by atoms with Gasteiger partial charge in [-0.3, -0.25) is 0 Å². The Labute approximate surface area is 714 Å². The molecule has 12 heteroatoms. The lowest BCUT2D eigenvalue weighted by Gasteiger charge is -2.19. The Balaban J connectivity index is 0.000000146. The number of aromatic nitrogens is 8. The van der Waals surface area contributed by atoms with Crippen LogP contribution in [0.4, 0.5) is 0 Å². The minimum atomic E-state index is -2.46. The van der Waals surface area contributed by atoms with Crippen molar-refractivity contribution < 1.29 is 49.6 Å². The van der Waals surface area contributed by atoms with Crippen molar-refractivity contribution in [3.63, 3.8) is 0 Å². The molecule has 12 nitrogen and oxygen atoms in total. The summed E-state index contributed by atoms with van der Waals surface area (Å²) in [7, 11) is 7.85. The first-order valence-electron chi connectivity index (χ1n) is 46.8. The quantitative estimate of drug-likeness (QED) is 0.111. The number of hydrogen-bond acceptors (Lipinski definition) is 8. The summed E-state index contributed by atoms with van der Waals surface area (Å²) >= 11 is 0. The predicted octanol–water partition coefficient (Wildman–Crippen LogP) is 26.1. The molecule has 0 atom stereocenters. The second-order valence-corrected chi connectivity index (χ2v) is 37.8. The third-order valence-corrected chi connectivity index (χ3v) is 22.1. The van der Waals surface area contributed by atoms with Crippen LogP contribution in [0.3, 0.4) is 0 Å². The van der Waals surface area contributed by atoms with Crippen molar-refractivity contribution in [1.82, 2.24) is 19.9 Å². The van der Waals surface area contributed by atoms with Gasteiger partial charge in [-0.25, -0.2) is 38.2 Å². The van der Waals surface area contributed by atoms with E-state index in [9.17, 15) is 0 Å². The Bertz CT molecular complexity index is 7010. The van der Waals surface area contributed by atoms with E-state index in [0.717, 1.165) is 148 Å². The number of benzene rings is 4. The zero-order valence-electron chi connectivity index (χ0n) is 85.1. The highest BCUT2D eigenvalue weighted by Gasteiger charge is 2.31. The molecule has 0 radical (unpaired) electrons. The fraction of sp³-hybridized carbons (Fsp3) is 0.396. The normalized spacial score (nSPS) is 14.1. The molecule has 0 saturated heterocycles. The maximum Gasteiger partial charge on any atom is 0.227 e. The molecular formula is C106H128N8O4+4. The molecule has 0 aliphatic rings. The molecule has 0 fully saturated rings. The highest BCUT2D eigenvalue weighted by Crippen LogP contribution is 2.43. The number of fused-ring (bicyclic) bond motifs is 12. The molecule has 0 N–H and O–H groups in total. The molecule has 0 saturated carbocycles. The fourth-order valence-corrected chi connectivity index (χ4v) is 16.1. The summed E-state index contributed by atoms with van der Waals surface area (Å²) in [6.45, 7) is 44.9. The Morgan fingerprint density at radius 3 is 0.864 bits per heavy atom. The van der Waals surface area contributed by atoms with Crippen LogP contribution in [0, 0.1) is 76.9 Å². The highest BCUT2D eigenvalue weighted by molar-refractivity contribution is 6.12. The van der Waals surface area contributed by atoms with Crippen LogP contribution in [-0.2, 0) is 66.6 Å². The van der Waals surface area contributed by atoms with E-state index in [1.165, 1.54) is 57.2 Å². The molecule has 16 rings (SSSR count). The van der Waals surface area contributed by atoms with Crippen LogP contribution >= 0.6 is 0 Å². The smallest absolute Gasteiger partial charge is 0.227 e. The third-order valence-electron chi connectivity index (χ3n) is 22.1. The van der Waals surface area contributed by atoms with Crippen LogP contribution in [0.15, 0.2) is 164 Å². The van der Waals surface area contributed by atoms with Crippen molar-refractivity contribution in [3.05, 3.63) is 236 Å². The molecule has 612 valence electrons. The van der Waals surface area contributed by atoms with Gasteiger partial charge < -0.3 is 17.7 Å². The lowest BCUT2D eigenvalue weighted by atomic mass is 9.86. The molecule has 0 aliphatic carbocycles. The van der Waals surface area contributed by atoms with E-state index in [1.54, 1.807) is 76.9 Å². The van der Waals surface area contributed by atoms with E-state index >= 15 is 0 Å². The maximum atomic E-state index is 8.91. The van der Waals surface area contributed by atoms with Crippen LogP contribution in [0.1, 0.15) is 240 Å². The second-order valence-electron chi connectivity index (χ2n) is 37.8. The lowest BCUT2D eigenvalue weighted by Crippen LogP contribution is -2.32. The zero-order chi connectivity index (χ0) is 94.0. The molecule has 0 aliphatic heterocycles. The van der Waals surface area contributed by atoms with Gasteiger partial charge in [-0.2, -0.15) is 0 Å². The van der Waals surface area contributed by atoms with Gasteiger partial charge in [-0.15, -0.1) is 0 Å². The van der Waals surface area contributed by atoms with Crippen molar-refractivity contribution >= 4 is 88.3 Å². The van der Waals surface area contributed by atoms with Crippen molar-refractivity contribution in [2.45, 2.75) is 230 Å². The Morgan fingerprint density at radius 1 is 0.322 bits per heavy atom. The average molecular weight is 1590 g/mol. The van der Waals surface area contributed by atoms with Gasteiger partial charge in [0.25, 0.3) is 0 Å². The number of nitrogens with zero attached hydrogens (tertiary/aromatic N) is 8. The van der Waals surface area contributed by atoms with E-state index in [4.69, 9.17) is 46.3 Å². The van der Waals surface area contributed by atoms with Crippen LogP contribution in [0.5, 0.6) is 0 Å². The topological polar surface area (TPSA) is 120 Å². The number of pyridine rings is 8. The largest absolute Gasteiger partial charge is 0.437 e. The van der Waals surface area contributed by atoms with Gasteiger partial charge in [-0.05, 0) is 220 Å². The molecule has 4 aromatic carbocycles. The zero-order valence-corrected chi connectivity index (χ0v) is 75.1. The Morgan fingerprint density at radius 2 is 0.593 bits per heavy atom. The summed E-state index contributed by atoms with van der Waals surface area (Å²) in [5.74, 6) is 0.640. The summed E-state index contributed by atoms with van der Waals surface area (Å²) in [6.07, 6.45) is 7.70. The standard InChI is InChI=1S/2C27H33N2O.2C26H31N2O/c1-16(2)22-12-11-21-20-10-9-17(3)24(25(20)30-26(21)28-22)23-13-19(14-27(5,6)7)18(4)15-29(23)8;1-16(2)22-12-11-21-20-10-9-17(3)24(25(20)30-26(21)28-22)23-13-18(4)19(15-29(23)8)14-27(5,6)7;1-8-19-10-12-21-20-11-9-16(2)23(24(20)29-25(21)27-19)22-13-18(14-26(4,5)6)17(3)15-28(22)7;1-8-19-10-12-21-20-11-9-16(2)23(24(20)29-25(21)27-19)22-13-17(3)18(15-28(22)7)14-26(4,5)6/h2*9-13,15-16H,14H2,1-8H3;2*9-13,15H,8,14H2,1-7H3/q4*+1/i4D3,14D2;;3D3,14D2;. The Hall–Kier alpha value is -10.7. The second kappa shape index (κ2) is 32.9. The summed E-state index contributed by atoms with van der Waals surface area (Å²) in [4.78, 5) is 18.9. The maximum absolute atomic E-state index is 8.91. The molecule has 12 aromatic heterocycles. The highest BCUT2D eigenvalue weighted by atomic mass is 16.4. The van der Waals surface area contributed by atoms with Crippen LogP contribution in [-0.4, -0.2) is 19.9 Å². The monoisotopic (exact) mass is 1590 g/mol. The SMILES string of the molecule is CCc1ccc2c(n1)oc1c(-c3cc(C)c(CC(C)(C)C)c[n+]3C)c(C)ccc12.Cc1cc(-c2c(C)ccc3c2oc2nc(C(C)C)ccc23)[n+](C)cc1CC(C)(C)C.[2H]C([2H])([2H])c1c[n+](C)c(-c2c(C)ccc3c2oc2nc(C(C)C)ccc23)cc1C([2H])([2H])C(C)(C)C.[2H]C([2H])([2H])c1c[n+](C)c(-c2c(C)ccc3c2oc2nc(CC)ccc23)cc1C([2H])([2H])C(C)(C)C. The van der Waals surface area contributed by atoms with Crippen molar-refractivity contribution in [2.24, 2.45) is 49.9 Å². The first-order valence-corrected chi connectivity index (χ1v) is 41.8. The fourth-order valence-electron chi connectivity index (χ4n) is 16.1. The van der Waals surface area contributed by atoms with Gasteiger partial charge >= 0.3 is 0 Å². The van der Waals surface area contributed by atoms with Gasteiger partial charge in [0, 0.05) is 126 Å². The molecule has 0 amide bonds. The Kier molecular flexibility index (Phi) is 20.2. The van der Waals surface area contributed by atoms with Crippen molar-refractivity contribution in [2.75, 3.05) is 0 Å². The number of furan rings is 4. The van der Waals surface area contributed by atoms with E-state index in [1.807, 2.05) is 69.3 Å². The predicted molar refractivity (Wildman–Crippen MR) is 490 cm³/mol. The summed E-state index contributed by atoms with van der Waals surface area (Å²) in [5.41, 5.74) is 26.5. The molecular weight excluding hydrogens is 1450 g/mol. The molecule has 0 bridgehead atoms. The number of hydrogen-bond donors (Lipinski definition) is 0. The van der Waals surface area contributed by atoms with Gasteiger partial charge in [0.1, 0.15) is 28.2 Å². The van der Waals surface area contributed by atoms with Crippen LogP contribution in [0.2, 0.25) is 0 Å². The van der Waals surface area contributed by atoms with E-state index in [2.05, 4.69) is 205 Å². The van der Waals surface area contributed by atoms with E-state index in [-0.39, 0.29) is 39.0 Å².